The molecule has 1 aromatic heterocycles. The SMILES string of the molecule is Cc1nc(NN)cc(N2CC3CCCN3CC2C)n1. The van der Waals surface area contributed by atoms with Crippen LogP contribution in [0.2, 0.25) is 0 Å². The molecule has 6 heteroatoms. The first-order valence-corrected chi connectivity index (χ1v) is 7.00. The summed E-state index contributed by atoms with van der Waals surface area (Å²) in [6.45, 7) is 7.60. The Hall–Kier alpha value is -1.40. The van der Waals surface area contributed by atoms with E-state index in [0.717, 1.165) is 24.7 Å². The molecule has 2 atom stereocenters. The van der Waals surface area contributed by atoms with Crippen molar-refractivity contribution >= 4 is 11.6 Å². The highest BCUT2D eigenvalue weighted by Crippen LogP contribution is 2.28. The van der Waals surface area contributed by atoms with E-state index in [0.29, 0.717) is 17.9 Å². The largest absolute Gasteiger partial charge is 0.351 e. The number of anilines is 2. The van der Waals surface area contributed by atoms with Crippen molar-refractivity contribution in [3.8, 4) is 0 Å². The lowest BCUT2D eigenvalue weighted by molar-refractivity contribution is 0.202. The Balaban J connectivity index is 1.86. The fraction of sp³-hybridized carbons (Fsp3) is 0.692. The number of rotatable bonds is 2. The summed E-state index contributed by atoms with van der Waals surface area (Å²) in [4.78, 5) is 13.8. The monoisotopic (exact) mass is 262 g/mol. The van der Waals surface area contributed by atoms with E-state index >= 15 is 0 Å². The van der Waals surface area contributed by atoms with E-state index in [1.807, 2.05) is 13.0 Å². The lowest BCUT2D eigenvalue weighted by Crippen LogP contribution is -2.55. The zero-order valence-electron chi connectivity index (χ0n) is 11.6. The van der Waals surface area contributed by atoms with Gasteiger partial charge in [-0.1, -0.05) is 0 Å². The van der Waals surface area contributed by atoms with E-state index in [-0.39, 0.29) is 0 Å². The Labute approximate surface area is 114 Å². The molecule has 1 aromatic rings. The van der Waals surface area contributed by atoms with Gasteiger partial charge >= 0.3 is 0 Å². The van der Waals surface area contributed by atoms with E-state index < -0.39 is 0 Å². The number of piperazine rings is 1. The summed E-state index contributed by atoms with van der Waals surface area (Å²) in [6, 6.07) is 3.10. The summed E-state index contributed by atoms with van der Waals surface area (Å²) in [5.74, 6) is 7.90. The summed E-state index contributed by atoms with van der Waals surface area (Å²) >= 11 is 0. The van der Waals surface area contributed by atoms with Crippen LogP contribution in [0.25, 0.3) is 0 Å². The molecule has 3 rings (SSSR count). The highest BCUT2D eigenvalue weighted by atomic mass is 15.3. The van der Waals surface area contributed by atoms with E-state index in [9.17, 15) is 0 Å². The predicted molar refractivity (Wildman–Crippen MR) is 76.0 cm³/mol. The van der Waals surface area contributed by atoms with Gasteiger partial charge in [0.15, 0.2) is 0 Å². The Morgan fingerprint density at radius 3 is 3.00 bits per heavy atom. The van der Waals surface area contributed by atoms with Gasteiger partial charge in [0.05, 0.1) is 0 Å². The van der Waals surface area contributed by atoms with Gasteiger partial charge in [-0.05, 0) is 33.2 Å². The summed E-state index contributed by atoms with van der Waals surface area (Å²) in [5, 5.41) is 0. The van der Waals surface area contributed by atoms with Gasteiger partial charge in [-0.25, -0.2) is 15.8 Å². The average Bonchev–Trinajstić information content (AvgIpc) is 2.84. The van der Waals surface area contributed by atoms with Crippen molar-refractivity contribution < 1.29 is 0 Å². The molecule has 2 aliphatic rings. The van der Waals surface area contributed by atoms with Crippen LogP contribution < -0.4 is 16.2 Å². The molecule has 0 aliphatic carbocycles. The zero-order valence-corrected chi connectivity index (χ0v) is 11.6. The normalized spacial score (nSPS) is 27.4. The third-order valence-electron chi connectivity index (χ3n) is 4.20. The maximum atomic E-state index is 5.47. The van der Waals surface area contributed by atoms with Crippen LogP contribution in [0.4, 0.5) is 11.6 Å². The van der Waals surface area contributed by atoms with Crippen LogP contribution in [0.3, 0.4) is 0 Å². The fourth-order valence-electron chi connectivity index (χ4n) is 3.28. The Kier molecular flexibility index (Phi) is 3.28. The Morgan fingerprint density at radius 2 is 2.21 bits per heavy atom. The number of nitrogen functional groups attached to an aromatic ring is 1. The number of hydrogen-bond donors (Lipinski definition) is 2. The smallest absolute Gasteiger partial charge is 0.145 e. The molecule has 6 nitrogen and oxygen atoms in total. The number of nitrogens with zero attached hydrogens (tertiary/aromatic N) is 4. The topological polar surface area (TPSA) is 70.3 Å². The second kappa shape index (κ2) is 4.94. The second-order valence-electron chi connectivity index (χ2n) is 5.60. The molecule has 0 aromatic carbocycles. The van der Waals surface area contributed by atoms with E-state index in [2.05, 4.69) is 32.1 Å². The van der Waals surface area contributed by atoms with Gasteiger partial charge in [0.25, 0.3) is 0 Å². The molecule has 2 saturated heterocycles. The van der Waals surface area contributed by atoms with E-state index in [1.165, 1.54) is 19.4 Å². The minimum absolute atomic E-state index is 0.481. The van der Waals surface area contributed by atoms with Crippen molar-refractivity contribution in [2.24, 2.45) is 5.84 Å². The molecule has 0 saturated carbocycles. The number of aromatic nitrogens is 2. The second-order valence-corrected chi connectivity index (χ2v) is 5.60. The van der Waals surface area contributed by atoms with Crippen molar-refractivity contribution in [1.29, 1.82) is 0 Å². The lowest BCUT2D eigenvalue weighted by Gasteiger charge is -2.43. The number of nitrogens with one attached hydrogen (secondary N) is 1. The molecule has 0 radical (unpaired) electrons. The third-order valence-corrected chi connectivity index (χ3v) is 4.20. The minimum Gasteiger partial charge on any atom is -0.351 e. The molecular formula is C13H22N6. The van der Waals surface area contributed by atoms with E-state index in [4.69, 9.17) is 5.84 Å². The van der Waals surface area contributed by atoms with Crippen LogP contribution >= 0.6 is 0 Å². The highest BCUT2D eigenvalue weighted by molar-refractivity contribution is 5.50. The number of hydrogen-bond acceptors (Lipinski definition) is 6. The standard InChI is InChI=1S/C13H22N6/c1-9-7-18-5-3-4-11(18)8-19(9)13-6-12(17-14)15-10(2)16-13/h6,9,11H,3-5,7-8,14H2,1-2H3,(H,15,16,17). The van der Waals surface area contributed by atoms with Crippen LogP contribution in [0.1, 0.15) is 25.6 Å². The van der Waals surface area contributed by atoms with Gasteiger partial charge < -0.3 is 10.3 Å². The maximum absolute atomic E-state index is 5.47. The summed E-state index contributed by atoms with van der Waals surface area (Å²) in [5.41, 5.74) is 2.62. The quantitative estimate of drug-likeness (QED) is 0.605. The molecule has 104 valence electrons. The molecular weight excluding hydrogens is 240 g/mol. The molecule has 2 aliphatic heterocycles. The van der Waals surface area contributed by atoms with Crippen LogP contribution in [-0.4, -0.2) is 46.6 Å². The first-order valence-electron chi connectivity index (χ1n) is 7.00. The maximum Gasteiger partial charge on any atom is 0.145 e. The highest BCUT2D eigenvalue weighted by Gasteiger charge is 2.35. The molecule has 3 N–H and O–H groups in total. The van der Waals surface area contributed by atoms with E-state index in [1.54, 1.807) is 0 Å². The molecule has 0 spiro atoms. The molecule has 3 heterocycles. The fourth-order valence-corrected chi connectivity index (χ4v) is 3.28. The van der Waals surface area contributed by atoms with Crippen LogP contribution in [0.5, 0.6) is 0 Å². The first kappa shape index (κ1) is 12.6. The van der Waals surface area contributed by atoms with Gasteiger partial charge in [-0.3, -0.25) is 4.90 Å². The van der Waals surface area contributed by atoms with Crippen LogP contribution in [-0.2, 0) is 0 Å². The van der Waals surface area contributed by atoms with Gasteiger partial charge in [0.2, 0.25) is 0 Å². The van der Waals surface area contributed by atoms with Crippen molar-refractivity contribution in [2.75, 3.05) is 30.0 Å². The van der Waals surface area contributed by atoms with Crippen molar-refractivity contribution in [1.82, 2.24) is 14.9 Å². The molecule has 0 bridgehead atoms. The molecule has 2 fully saturated rings. The first-order chi connectivity index (χ1) is 9.17. The minimum atomic E-state index is 0.481. The zero-order chi connectivity index (χ0) is 13.4. The Bertz CT molecular complexity index is 462. The number of hydrazine groups is 1. The van der Waals surface area contributed by atoms with Crippen molar-refractivity contribution in [3.05, 3.63) is 11.9 Å². The van der Waals surface area contributed by atoms with Crippen LogP contribution in [0, 0.1) is 6.92 Å². The van der Waals surface area contributed by atoms with Gasteiger partial charge in [-0.15, -0.1) is 0 Å². The lowest BCUT2D eigenvalue weighted by atomic mass is 10.1. The van der Waals surface area contributed by atoms with Gasteiger partial charge in [-0.2, -0.15) is 0 Å². The van der Waals surface area contributed by atoms with Gasteiger partial charge in [0.1, 0.15) is 17.5 Å². The summed E-state index contributed by atoms with van der Waals surface area (Å²) < 4.78 is 0. The molecule has 0 amide bonds. The third kappa shape index (κ3) is 2.37. The van der Waals surface area contributed by atoms with Crippen molar-refractivity contribution in [2.45, 2.75) is 38.8 Å². The Morgan fingerprint density at radius 1 is 1.37 bits per heavy atom. The summed E-state index contributed by atoms with van der Waals surface area (Å²) in [6.07, 6.45) is 2.62. The average molecular weight is 262 g/mol. The summed E-state index contributed by atoms with van der Waals surface area (Å²) in [7, 11) is 0. The molecule has 19 heavy (non-hydrogen) atoms. The van der Waals surface area contributed by atoms with Gasteiger partial charge in [0, 0.05) is 31.2 Å². The van der Waals surface area contributed by atoms with Crippen molar-refractivity contribution in [3.63, 3.8) is 0 Å². The number of nitrogens with two attached hydrogens (primary N) is 1. The predicted octanol–water partition coefficient (Wildman–Crippen LogP) is 0.744. The number of aryl methyl sites for hydroxylation is 1. The molecule has 2 unspecified atom stereocenters. The number of fused-ring (bicyclic) bond motifs is 1. The van der Waals surface area contributed by atoms with Crippen LogP contribution in [0.15, 0.2) is 6.07 Å².